The summed E-state index contributed by atoms with van der Waals surface area (Å²) in [6, 6.07) is 2.93. The van der Waals surface area contributed by atoms with Crippen LogP contribution in [0, 0.1) is 0 Å². The maximum absolute atomic E-state index is 12.8. The Kier molecular flexibility index (Phi) is 3.31. The second-order valence-electron chi connectivity index (χ2n) is 4.57. The van der Waals surface area contributed by atoms with E-state index < -0.39 is 23.4 Å². The third-order valence-electron chi connectivity index (χ3n) is 3.05. The van der Waals surface area contributed by atoms with Crippen LogP contribution in [-0.4, -0.2) is 32.2 Å². The van der Waals surface area contributed by atoms with Crippen LogP contribution in [0.3, 0.4) is 0 Å². The Hall–Kier alpha value is -2.91. The Labute approximate surface area is 125 Å². The number of halogens is 3. The molecule has 0 radical (unpaired) electrons. The summed E-state index contributed by atoms with van der Waals surface area (Å²) in [5.41, 5.74) is -2.20. The largest absolute Gasteiger partial charge is 0.461 e. The van der Waals surface area contributed by atoms with Crippen molar-refractivity contribution in [3.63, 3.8) is 0 Å². The Balaban J connectivity index is 2.31. The standard InChI is InChI=1S/C13H9F3N4O3/c1-2-23-12(22)7-5-9-18-11(21)6-3-4-8(13(14,15)16)17-10(6)20(9)19-7/h3-5H,2H2,1H3,(H,18,21). The lowest BCUT2D eigenvalue weighted by molar-refractivity contribution is -0.141. The molecular formula is C13H9F3N4O3. The number of alkyl halides is 3. The lowest BCUT2D eigenvalue weighted by Crippen LogP contribution is -2.14. The molecule has 3 aromatic rings. The number of fused-ring (bicyclic) bond motifs is 3. The van der Waals surface area contributed by atoms with Gasteiger partial charge in [-0.1, -0.05) is 0 Å². The number of hydrogen-bond acceptors (Lipinski definition) is 5. The molecule has 0 aromatic carbocycles. The molecule has 0 aliphatic carbocycles. The van der Waals surface area contributed by atoms with Crippen LogP contribution in [0.25, 0.3) is 16.7 Å². The van der Waals surface area contributed by atoms with Crippen LogP contribution >= 0.6 is 0 Å². The van der Waals surface area contributed by atoms with Crippen LogP contribution in [0.5, 0.6) is 0 Å². The smallest absolute Gasteiger partial charge is 0.433 e. The van der Waals surface area contributed by atoms with E-state index in [-0.39, 0.29) is 29.0 Å². The number of nitrogens with zero attached hydrogens (tertiary/aromatic N) is 3. The highest BCUT2D eigenvalue weighted by Crippen LogP contribution is 2.28. The van der Waals surface area contributed by atoms with Crippen molar-refractivity contribution >= 4 is 22.6 Å². The van der Waals surface area contributed by atoms with E-state index in [1.807, 2.05) is 0 Å². The number of carbonyl (C=O) groups excluding carboxylic acids is 1. The molecular weight excluding hydrogens is 317 g/mol. The van der Waals surface area contributed by atoms with Gasteiger partial charge in [-0.3, -0.25) is 4.79 Å². The maximum atomic E-state index is 12.8. The summed E-state index contributed by atoms with van der Waals surface area (Å²) in [4.78, 5) is 29.5. The summed E-state index contributed by atoms with van der Waals surface area (Å²) < 4.78 is 44.1. The second kappa shape index (κ2) is 5.07. The van der Waals surface area contributed by atoms with E-state index in [1.165, 1.54) is 6.07 Å². The van der Waals surface area contributed by atoms with Crippen molar-refractivity contribution in [1.82, 2.24) is 19.6 Å². The average molecular weight is 326 g/mol. The molecule has 23 heavy (non-hydrogen) atoms. The van der Waals surface area contributed by atoms with Crippen LogP contribution < -0.4 is 5.56 Å². The summed E-state index contributed by atoms with van der Waals surface area (Å²) in [5, 5.41) is 3.79. The molecule has 0 aliphatic heterocycles. The first kappa shape index (κ1) is 15.0. The minimum Gasteiger partial charge on any atom is -0.461 e. The molecule has 7 nitrogen and oxygen atoms in total. The number of hydrogen-bond donors (Lipinski definition) is 1. The molecule has 3 aromatic heterocycles. The zero-order valence-corrected chi connectivity index (χ0v) is 11.6. The summed E-state index contributed by atoms with van der Waals surface area (Å²) in [6.45, 7) is 1.71. The number of esters is 1. The normalized spacial score (nSPS) is 12.0. The second-order valence-corrected chi connectivity index (χ2v) is 4.57. The first-order chi connectivity index (χ1) is 10.8. The molecule has 0 saturated heterocycles. The lowest BCUT2D eigenvalue weighted by Gasteiger charge is -2.07. The fourth-order valence-electron chi connectivity index (χ4n) is 2.06. The number of carbonyl (C=O) groups is 1. The average Bonchev–Trinajstić information content (AvgIpc) is 2.90. The molecule has 0 atom stereocenters. The minimum absolute atomic E-state index is 0.0392. The van der Waals surface area contributed by atoms with E-state index in [1.54, 1.807) is 6.92 Å². The van der Waals surface area contributed by atoms with Crippen molar-refractivity contribution in [2.45, 2.75) is 13.1 Å². The van der Waals surface area contributed by atoms with Crippen molar-refractivity contribution in [2.75, 3.05) is 6.61 Å². The number of aromatic amines is 1. The fraction of sp³-hybridized carbons (Fsp3) is 0.231. The van der Waals surface area contributed by atoms with Crippen molar-refractivity contribution in [3.8, 4) is 0 Å². The van der Waals surface area contributed by atoms with Crippen LogP contribution in [0.2, 0.25) is 0 Å². The van der Waals surface area contributed by atoms with Gasteiger partial charge in [0.2, 0.25) is 0 Å². The Bertz CT molecular complexity index is 974. The van der Waals surface area contributed by atoms with E-state index in [9.17, 15) is 22.8 Å². The molecule has 3 rings (SSSR count). The molecule has 0 aliphatic rings. The van der Waals surface area contributed by atoms with Crippen LogP contribution in [0.4, 0.5) is 13.2 Å². The topological polar surface area (TPSA) is 89.4 Å². The van der Waals surface area contributed by atoms with Crippen LogP contribution in [0.1, 0.15) is 23.1 Å². The molecule has 0 unspecified atom stereocenters. The number of ether oxygens (including phenoxy) is 1. The molecule has 0 fully saturated rings. The Morgan fingerprint density at radius 3 is 2.78 bits per heavy atom. The van der Waals surface area contributed by atoms with Crippen molar-refractivity contribution in [1.29, 1.82) is 0 Å². The quantitative estimate of drug-likeness (QED) is 0.725. The van der Waals surface area contributed by atoms with E-state index >= 15 is 0 Å². The molecule has 3 heterocycles. The van der Waals surface area contributed by atoms with Gasteiger partial charge in [-0.2, -0.15) is 22.8 Å². The Morgan fingerprint density at radius 2 is 2.13 bits per heavy atom. The predicted octanol–water partition coefficient (Wildman–Crippen LogP) is 1.77. The zero-order chi connectivity index (χ0) is 16.8. The van der Waals surface area contributed by atoms with Gasteiger partial charge in [-0.05, 0) is 19.1 Å². The molecule has 0 saturated carbocycles. The molecule has 10 heteroatoms. The Morgan fingerprint density at radius 1 is 1.39 bits per heavy atom. The predicted molar refractivity (Wildman–Crippen MR) is 72.1 cm³/mol. The molecule has 0 amide bonds. The van der Waals surface area contributed by atoms with Crippen LogP contribution in [0.15, 0.2) is 23.0 Å². The van der Waals surface area contributed by atoms with Gasteiger partial charge in [-0.15, -0.1) is 0 Å². The summed E-state index contributed by atoms with van der Waals surface area (Å²) in [7, 11) is 0. The minimum atomic E-state index is -4.67. The molecule has 0 spiro atoms. The number of pyridine rings is 1. The number of aromatic nitrogens is 4. The molecule has 1 N–H and O–H groups in total. The molecule has 0 bridgehead atoms. The number of nitrogens with one attached hydrogen (secondary N) is 1. The maximum Gasteiger partial charge on any atom is 0.433 e. The third-order valence-corrected chi connectivity index (χ3v) is 3.05. The highest BCUT2D eigenvalue weighted by molar-refractivity contribution is 5.89. The van der Waals surface area contributed by atoms with Gasteiger partial charge >= 0.3 is 12.1 Å². The van der Waals surface area contributed by atoms with E-state index in [0.717, 1.165) is 10.6 Å². The van der Waals surface area contributed by atoms with Gasteiger partial charge in [0.1, 0.15) is 11.3 Å². The van der Waals surface area contributed by atoms with Crippen LogP contribution in [-0.2, 0) is 10.9 Å². The first-order valence-corrected chi connectivity index (χ1v) is 6.48. The van der Waals surface area contributed by atoms with Gasteiger partial charge < -0.3 is 9.72 Å². The summed E-state index contributed by atoms with van der Waals surface area (Å²) in [6.07, 6.45) is -4.67. The monoisotopic (exact) mass is 326 g/mol. The van der Waals surface area contributed by atoms with Gasteiger partial charge in [-0.25, -0.2) is 9.78 Å². The highest BCUT2D eigenvalue weighted by atomic mass is 19.4. The zero-order valence-electron chi connectivity index (χ0n) is 11.6. The van der Waals surface area contributed by atoms with Gasteiger partial charge in [0.05, 0.1) is 12.0 Å². The van der Waals surface area contributed by atoms with Gasteiger partial charge in [0, 0.05) is 6.07 Å². The highest BCUT2D eigenvalue weighted by Gasteiger charge is 2.33. The van der Waals surface area contributed by atoms with Crippen molar-refractivity contribution in [3.05, 3.63) is 39.9 Å². The van der Waals surface area contributed by atoms with Gasteiger partial charge in [0.15, 0.2) is 11.3 Å². The third kappa shape index (κ3) is 2.51. The molecule has 120 valence electrons. The summed E-state index contributed by atoms with van der Waals surface area (Å²) >= 11 is 0. The van der Waals surface area contributed by atoms with E-state index in [4.69, 9.17) is 4.74 Å². The van der Waals surface area contributed by atoms with E-state index in [0.29, 0.717) is 6.07 Å². The fourth-order valence-corrected chi connectivity index (χ4v) is 2.06. The van der Waals surface area contributed by atoms with E-state index in [2.05, 4.69) is 15.1 Å². The van der Waals surface area contributed by atoms with Crippen molar-refractivity contribution < 1.29 is 22.7 Å². The number of rotatable bonds is 2. The van der Waals surface area contributed by atoms with Crippen molar-refractivity contribution in [2.24, 2.45) is 0 Å². The number of H-pyrrole nitrogens is 1. The first-order valence-electron chi connectivity index (χ1n) is 6.48. The summed E-state index contributed by atoms with van der Waals surface area (Å²) in [5.74, 6) is -0.753. The lowest BCUT2D eigenvalue weighted by atomic mass is 10.3. The van der Waals surface area contributed by atoms with Gasteiger partial charge in [0.25, 0.3) is 5.56 Å². The SMILES string of the molecule is CCOC(=O)c1cc2[nH]c(=O)c3ccc(C(F)(F)F)nc3n2n1.